The van der Waals surface area contributed by atoms with Crippen molar-refractivity contribution in [2.75, 3.05) is 6.54 Å². The van der Waals surface area contributed by atoms with Gasteiger partial charge in [0.1, 0.15) is 10.5 Å². The monoisotopic (exact) mass is 446 g/mol. The Labute approximate surface area is 191 Å². The van der Waals surface area contributed by atoms with Crippen molar-refractivity contribution in [3.05, 3.63) is 53.0 Å². The Morgan fingerprint density at radius 1 is 1.12 bits per heavy atom. The number of rotatable bonds is 9. The molecule has 0 aliphatic heterocycles. The van der Waals surface area contributed by atoms with Crippen LogP contribution in [-0.2, 0) is 22.4 Å². The summed E-state index contributed by atoms with van der Waals surface area (Å²) in [7, 11) is 0. The molecular weight excluding hydrogens is 420 g/mol. The minimum absolute atomic E-state index is 0.122. The second kappa shape index (κ2) is 9.49. The number of hydrogen-bond acceptors (Lipinski definition) is 5. The molecule has 32 heavy (non-hydrogen) atoms. The van der Waals surface area contributed by atoms with Gasteiger partial charge in [-0.15, -0.1) is 11.3 Å². The third kappa shape index (κ3) is 5.32. The van der Waals surface area contributed by atoms with Gasteiger partial charge >= 0.3 is 0 Å². The van der Waals surface area contributed by atoms with E-state index in [4.69, 9.17) is 5.26 Å². The summed E-state index contributed by atoms with van der Waals surface area (Å²) in [6.45, 7) is 2.07. The highest BCUT2D eigenvalue weighted by Crippen LogP contribution is 2.34. The molecule has 7 heteroatoms. The molecule has 2 aromatic carbocycles. The van der Waals surface area contributed by atoms with Gasteiger partial charge in [0.15, 0.2) is 0 Å². The summed E-state index contributed by atoms with van der Waals surface area (Å²) in [5.74, 6) is -0.601. The zero-order valence-corrected chi connectivity index (χ0v) is 18.9. The molecule has 1 saturated carbocycles. The van der Waals surface area contributed by atoms with Crippen molar-refractivity contribution >= 4 is 33.4 Å². The maximum absolute atomic E-state index is 12.3. The van der Waals surface area contributed by atoms with E-state index >= 15 is 0 Å². The Hall–Kier alpha value is -3.24. The van der Waals surface area contributed by atoms with E-state index in [0.717, 1.165) is 27.8 Å². The highest BCUT2D eigenvalue weighted by molar-refractivity contribution is 7.18. The number of aromatic nitrogens is 1. The van der Waals surface area contributed by atoms with Crippen molar-refractivity contribution in [2.24, 2.45) is 0 Å². The van der Waals surface area contributed by atoms with Crippen LogP contribution in [0.15, 0.2) is 42.5 Å². The SMILES string of the molecule is CCCCc1ccc(-c2ccc3sc(CC(=O)NCC(=O)NC4(C#N)CC4)nc3c2)cc1. The molecule has 0 spiro atoms. The molecule has 0 radical (unpaired) electrons. The van der Waals surface area contributed by atoms with E-state index in [1.807, 2.05) is 6.07 Å². The molecule has 3 aromatic rings. The third-order valence-electron chi connectivity index (χ3n) is 5.64. The minimum atomic E-state index is -0.720. The van der Waals surface area contributed by atoms with E-state index < -0.39 is 5.54 Å². The molecular formula is C25H26N4O2S. The topological polar surface area (TPSA) is 94.9 Å². The van der Waals surface area contributed by atoms with Gasteiger partial charge in [0, 0.05) is 0 Å². The number of amides is 2. The van der Waals surface area contributed by atoms with Gasteiger partial charge in [0.25, 0.3) is 0 Å². The Balaban J connectivity index is 1.36. The summed E-state index contributed by atoms with van der Waals surface area (Å²) in [4.78, 5) is 28.8. The molecule has 4 rings (SSSR count). The predicted molar refractivity (Wildman–Crippen MR) is 126 cm³/mol. The molecule has 0 saturated heterocycles. The van der Waals surface area contributed by atoms with Crippen molar-refractivity contribution in [3.63, 3.8) is 0 Å². The van der Waals surface area contributed by atoms with Crippen molar-refractivity contribution in [1.29, 1.82) is 5.26 Å². The predicted octanol–water partition coefficient (Wildman–Crippen LogP) is 4.14. The van der Waals surface area contributed by atoms with Gasteiger partial charge in [0.05, 0.1) is 29.3 Å². The number of benzene rings is 2. The van der Waals surface area contributed by atoms with E-state index in [9.17, 15) is 9.59 Å². The Kier molecular flexibility index (Phi) is 6.52. The van der Waals surface area contributed by atoms with E-state index in [-0.39, 0.29) is 24.8 Å². The first-order chi connectivity index (χ1) is 15.5. The molecule has 2 amide bonds. The fourth-order valence-corrected chi connectivity index (χ4v) is 4.50. The lowest BCUT2D eigenvalue weighted by Gasteiger charge is -2.09. The Bertz CT molecular complexity index is 1170. The second-order valence-corrected chi connectivity index (χ2v) is 9.40. The fourth-order valence-electron chi connectivity index (χ4n) is 3.55. The van der Waals surface area contributed by atoms with Gasteiger partial charge < -0.3 is 10.6 Å². The lowest BCUT2D eigenvalue weighted by atomic mass is 10.0. The van der Waals surface area contributed by atoms with E-state index in [1.165, 1.54) is 29.7 Å². The summed E-state index contributed by atoms with van der Waals surface area (Å²) in [6.07, 6.45) is 4.95. The first-order valence-electron chi connectivity index (χ1n) is 11.0. The summed E-state index contributed by atoms with van der Waals surface area (Å²) >= 11 is 1.48. The van der Waals surface area contributed by atoms with Crippen LogP contribution in [0, 0.1) is 11.3 Å². The van der Waals surface area contributed by atoms with Crippen LogP contribution < -0.4 is 10.6 Å². The van der Waals surface area contributed by atoms with E-state index in [1.54, 1.807) is 0 Å². The number of carbonyl (C=O) groups excluding carboxylic acids is 2. The smallest absolute Gasteiger partial charge is 0.240 e. The molecule has 6 nitrogen and oxygen atoms in total. The summed E-state index contributed by atoms with van der Waals surface area (Å²) in [5, 5.41) is 15.0. The first-order valence-corrected chi connectivity index (χ1v) is 11.8. The molecule has 164 valence electrons. The van der Waals surface area contributed by atoms with Crippen molar-refractivity contribution in [1.82, 2.24) is 15.6 Å². The average Bonchev–Trinajstić information content (AvgIpc) is 3.46. The van der Waals surface area contributed by atoms with Crippen LogP contribution in [0.25, 0.3) is 21.3 Å². The van der Waals surface area contributed by atoms with Gasteiger partial charge in [-0.2, -0.15) is 5.26 Å². The van der Waals surface area contributed by atoms with Crippen LogP contribution in [0.5, 0.6) is 0 Å². The Morgan fingerprint density at radius 2 is 1.88 bits per heavy atom. The Morgan fingerprint density at radius 3 is 2.56 bits per heavy atom. The minimum Gasteiger partial charge on any atom is -0.347 e. The van der Waals surface area contributed by atoms with E-state index in [0.29, 0.717) is 17.8 Å². The molecule has 1 aliphatic carbocycles. The number of nitriles is 1. The van der Waals surface area contributed by atoms with Gasteiger partial charge in [-0.25, -0.2) is 4.98 Å². The third-order valence-corrected chi connectivity index (χ3v) is 6.68. The average molecular weight is 447 g/mol. The van der Waals surface area contributed by atoms with Gasteiger partial charge in [-0.3, -0.25) is 9.59 Å². The standard InChI is InChI=1S/C25H26N4O2S/c1-2-3-4-17-5-7-18(8-6-17)19-9-10-21-20(13-19)28-24(32-21)14-22(30)27-15-23(31)29-25(16-26)11-12-25/h5-10,13H,2-4,11-12,14-15H2,1H3,(H,27,30)(H,29,31). The van der Waals surface area contributed by atoms with Crippen LogP contribution in [0.4, 0.5) is 0 Å². The van der Waals surface area contributed by atoms with Crippen LogP contribution >= 0.6 is 11.3 Å². The number of unbranched alkanes of at least 4 members (excludes halogenated alkanes) is 1. The van der Waals surface area contributed by atoms with Crippen molar-refractivity contribution < 1.29 is 9.59 Å². The summed E-state index contributed by atoms with van der Waals surface area (Å²) in [6, 6.07) is 16.9. The van der Waals surface area contributed by atoms with Crippen LogP contribution in [-0.4, -0.2) is 28.9 Å². The lowest BCUT2D eigenvalue weighted by molar-refractivity contribution is -0.126. The zero-order chi connectivity index (χ0) is 22.6. The number of thiazole rings is 1. The molecule has 0 bridgehead atoms. The van der Waals surface area contributed by atoms with Crippen LogP contribution in [0.3, 0.4) is 0 Å². The van der Waals surface area contributed by atoms with Crippen LogP contribution in [0.1, 0.15) is 43.2 Å². The van der Waals surface area contributed by atoms with Crippen LogP contribution in [0.2, 0.25) is 0 Å². The number of hydrogen-bond donors (Lipinski definition) is 2. The van der Waals surface area contributed by atoms with E-state index in [2.05, 4.69) is 65.0 Å². The number of carbonyl (C=O) groups is 2. The van der Waals surface area contributed by atoms with Crippen molar-refractivity contribution in [3.8, 4) is 17.2 Å². The maximum atomic E-state index is 12.3. The molecule has 0 unspecified atom stereocenters. The largest absolute Gasteiger partial charge is 0.347 e. The fraction of sp³-hybridized carbons (Fsp3) is 0.360. The number of fused-ring (bicyclic) bond motifs is 1. The molecule has 1 aromatic heterocycles. The highest BCUT2D eigenvalue weighted by atomic mass is 32.1. The first kappa shape index (κ1) is 22.0. The lowest BCUT2D eigenvalue weighted by Crippen LogP contribution is -2.43. The molecule has 2 N–H and O–H groups in total. The second-order valence-electron chi connectivity index (χ2n) is 8.29. The summed E-state index contributed by atoms with van der Waals surface area (Å²) < 4.78 is 1.03. The molecule has 1 heterocycles. The molecule has 0 atom stereocenters. The number of nitrogens with zero attached hydrogens (tertiary/aromatic N) is 2. The number of aryl methyl sites for hydroxylation is 1. The zero-order valence-electron chi connectivity index (χ0n) is 18.1. The molecule has 1 aliphatic rings. The quantitative estimate of drug-likeness (QED) is 0.516. The maximum Gasteiger partial charge on any atom is 0.240 e. The van der Waals surface area contributed by atoms with Gasteiger partial charge in [-0.05, 0) is 54.5 Å². The summed E-state index contributed by atoms with van der Waals surface area (Å²) in [5.41, 5.74) is 3.75. The normalized spacial score (nSPS) is 14.0. The van der Waals surface area contributed by atoms with Gasteiger partial charge in [0.2, 0.25) is 11.8 Å². The highest BCUT2D eigenvalue weighted by Gasteiger charge is 2.44. The molecule has 1 fully saturated rings. The van der Waals surface area contributed by atoms with Gasteiger partial charge in [-0.1, -0.05) is 43.7 Å². The van der Waals surface area contributed by atoms with Crippen molar-refractivity contribution in [2.45, 2.75) is 51.0 Å². The number of nitrogens with one attached hydrogen (secondary N) is 2.